The van der Waals surface area contributed by atoms with E-state index in [1.54, 1.807) is 13.8 Å². The maximum atomic E-state index is 13.2. The van der Waals surface area contributed by atoms with Crippen molar-refractivity contribution in [1.82, 2.24) is 9.78 Å². The van der Waals surface area contributed by atoms with Crippen molar-refractivity contribution in [3.63, 3.8) is 0 Å². The van der Waals surface area contributed by atoms with Gasteiger partial charge in [0.15, 0.2) is 11.5 Å². The number of sulfonamides is 1. The molecule has 1 N–H and O–H groups in total. The van der Waals surface area contributed by atoms with Crippen molar-refractivity contribution in [3.05, 3.63) is 53.6 Å². The fraction of sp³-hybridized carbons (Fsp3) is 0.250. The van der Waals surface area contributed by atoms with Crippen LogP contribution in [0.15, 0.2) is 41.3 Å². The van der Waals surface area contributed by atoms with Gasteiger partial charge < -0.3 is 14.2 Å². The molecule has 0 aliphatic rings. The van der Waals surface area contributed by atoms with Crippen molar-refractivity contribution in [2.45, 2.75) is 18.7 Å². The molecule has 0 spiro atoms. The van der Waals surface area contributed by atoms with Gasteiger partial charge in [-0.25, -0.2) is 17.5 Å². The van der Waals surface area contributed by atoms with Crippen LogP contribution in [0.3, 0.4) is 0 Å². The molecule has 0 radical (unpaired) electrons. The summed E-state index contributed by atoms with van der Waals surface area (Å²) >= 11 is 0. The van der Waals surface area contributed by atoms with Crippen molar-refractivity contribution >= 4 is 15.7 Å². The molecule has 10 heteroatoms. The summed E-state index contributed by atoms with van der Waals surface area (Å²) in [5.41, 5.74) is 1.47. The van der Waals surface area contributed by atoms with E-state index in [1.807, 2.05) is 0 Å². The Kier molecular flexibility index (Phi) is 5.88. The van der Waals surface area contributed by atoms with E-state index in [0.717, 1.165) is 0 Å². The molecule has 160 valence electrons. The summed E-state index contributed by atoms with van der Waals surface area (Å²) < 4.78 is 59.3. The first-order chi connectivity index (χ1) is 14.2. The van der Waals surface area contributed by atoms with E-state index in [-0.39, 0.29) is 10.6 Å². The number of benzene rings is 2. The normalized spacial score (nSPS) is 11.3. The second-order valence-electron chi connectivity index (χ2n) is 6.41. The first-order valence-electron chi connectivity index (χ1n) is 8.86. The van der Waals surface area contributed by atoms with Crippen molar-refractivity contribution in [2.24, 2.45) is 0 Å². The van der Waals surface area contributed by atoms with Crippen LogP contribution in [0.25, 0.3) is 5.69 Å². The molecule has 0 bridgehead atoms. The Labute approximate surface area is 174 Å². The average Bonchev–Trinajstić information content (AvgIpc) is 3.02. The van der Waals surface area contributed by atoms with Gasteiger partial charge in [0.05, 0.1) is 44.1 Å². The van der Waals surface area contributed by atoms with Crippen LogP contribution in [0.2, 0.25) is 0 Å². The minimum atomic E-state index is -4.00. The first-order valence-corrected chi connectivity index (χ1v) is 10.3. The molecule has 0 saturated carbocycles. The molecule has 0 atom stereocenters. The zero-order valence-electron chi connectivity index (χ0n) is 17.2. The SMILES string of the molecule is COc1cc(NS(=O)(=O)c2c(C)nn(-c3ccc(F)cc3)c2C)cc(OC)c1OC. The zero-order chi connectivity index (χ0) is 22.1. The highest BCUT2D eigenvalue weighted by atomic mass is 32.2. The maximum absolute atomic E-state index is 13.2. The fourth-order valence-corrected chi connectivity index (χ4v) is 4.63. The molecular weight excluding hydrogens is 413 g/mol. The Bertz CT molecular complexity index is 1150. The van der Waals surface area contributed by atoms with Gasteiger partial charge in [0, 0.05) is 12.1 Å². The number of hydrogen-bond donors (Lipinski definition) is 1. The second kappa shape index (κ2) is 8.23. The summed E-state index contributed by atoms with van der Waals surface area (Å²) in [5, 5.41) is 4.32. The van der Waals surface area contributed by atoms with Crippen LogP contribution < -0.4 is 18.9 Å². The lowest BCUT2D eigenvalue weighted by Crippen LogP contribution is -2.15. The van der Waals surface area contributed by atoms with Crippen LogP contribution >= 0.6 is 0 Å². The number of halogens is 1. The predicted molar refractivity (Wildman–Crippen MR) is 110 cm³/mol. The third kappa shape index (κ3) is 3.90. The lowest BCUT2D eigenvalue weighted by molar-refractivity contribution is 0.325. The highest BCUT2D eigenvalue weighted by Gasteiger charge is 2.26. The third-order valence-electron chi connectivity index (χ3n) is 4.48. The van der Waals surface area contributed by atoms with E-state index in [1.165, 1.54) is 62.4 Å². The smallest absolute Gasteiger partial charge is 0.265 e. The Morgan fingerprint density at radius 1 is 0.967 bits per heavy atom. The Balaban J connectivity index is 2.04. The van der Waals surface area contributed by atoms with E-state index in [4.69, 9.17) is 14.2 Å². The summed E-state index contributed by atoms with van der Waals surface area (Å²) in [6.45, 7) is 3.23. The number of ether oxygens (including phenoxy) is 3. The van der Waals surface area contributed by atoms with Crippen LogP contribution in [0.5, 0.6) is 17.2 Å². The maximum Gasteiger partial charge on any atom is 0.265 e. The van der Waals surface area contributed by atoms with E-state index in [9.17, 15) is 12.8 Å². The van der Waals surface area contributed by atoms with E-state index in [0.29, 0.717) is 34.3 Å². The van der Waals surface area contributed by atoms with Crippen molar-refractivity contribution in [3.8, 4) is 22.9 Å². The van der Waals surface area contributed by atoms with Crippen LogP contribution in [0.1, 0.15) is 11.4 Å². The molecule has 8 nitrogen and oxygen atoms in total. The molecular formula is C20H22FN3O5S. The van der Waals surface area contributed by atoms with Gasteiger partial charge in [-0.2, -0.15) is 5.10 Å². The van der Waals surface area contributed by atoms with Crippen LogP contribution in [0, 0.1) is 19.7 Å². The number of nitrogens with one attached hydrogen (secondary N) is 1. The summed E-state index contributed by atoms with van der Waals surface area (Å²) in [4.78, 5) is 0.0283. The molecule has 0 fully saturated rings. The summed E-state index contributed by atoms with van der Waals surface area (Å²) in [5.74, 6) is 0.576. The molecule has 1 heterocycles. The molecule has 3 rings (SSSR count). The Morgan fingerprint density at radius 3 is 2.03 bits per heavy atom. The molecule has 3 aromatic rings. The fourth-order valence-electron chi connectivity index (χ4n) is 3.20. The first kappa shape index (κ1) is 21.4. The monoisotopic (exact) mass is 435 g/mol. The van der Waals surface area contributed by atoms with E-state index in [2.05, 4.69) is 9.82 Å². The van der Waals surface area contributed by atoms with Gasteiger partial charge in [-0.3, -0.25) is 4.72 Å². The Hall–Kier alpha value is -3.27. The Morgan fingerprint density at radius 2 is 1.53 bits per heavy atom. The summed E-state index contributed by atoms with van der Waals surface area (Å²) in [6, 6.07) is 8.61. The minimum Gasteiger partial charge on any atom is -0.493 e. The largest absolute Gasteiger partial charge is 0.493 e. The van der Waals surface area contributed by atoms with E-state index >= 15 is 0 Å². The molecule has 0 amide bonds. The number of aromatic nitrogens is 2. The minimum absolute atomic E-state index is 0.0283. The lowest BCUT2D eigenvalue weighted by atomic mass is 10.2. The third-order valence-corrected chi connectivity index (χ3v) is 6.11. The molecule has 0 saturated heterocycles. The molecule has 2 aromatic carbocycles. The molecule has 0 aliphatic carbocycles. The number of rotatable bonds is 7. The van der Waals surface area contributed by atoms with Crippen LogP contribution in [-0.4, -0.2) is 39.5 Å². The van der Waals surface area contributed by atoms with E-state index < -0.39 is 15.8 Å². The predicted octanol–water partition coefficient (Wildman–Crippen LogP) is 3.45. The highest BCUT2D eigenvalue weighted by molar-refractivity contribution is 7.92. The van der Waals surface area contributed by atoms with Gasteiger partial charge in [0.25, 0.3) is 10.0 Å². The number of aryl methyl sites for hydroxylation is 1. The van der Waals surface area contributed by atoms with Gasteiger partial charge in [-0.1, -0.05) is 0 Å². The van der Waals surface area contributed by atoms with Crippen LogP contribution in [-0.2, 0) is 10.0 Å². The number of hydrogen-bond acceptors (Lipinski definition) is 6. The standard InChI is InChI=1S/C20H22FN3O5S/c1-12-20(13(2)24(22-12)16-8-6-14(21)7-9-16)30(25,26)23-15-10-17(27-3)19(29-5)18(11-15)28-4/h6-11,23H,1-5H3. The summed E-state index contributed by atoms with van der Waals surface area (Å²) in [7, 11) is 0.342. The highest BCUT2D eigenvalue weighted by Crippen LogP contribution is 2.40. The van der Waals surface area contributed by atoms with Gasteiger partial charge in [-0.05, 0) is 38.1 Å². The quantitative estimate of drug-likeness (QED) is 0.611. The molecule has 0 unspecified atom stereocenters. The van der Waals surface area contributed by atoms with Gasteiger partial charge in [-0.15, -0.1) is 0 Å². The van der Waals surface area contributed by atoms with Crippen molar-refractivity contribution in [1.29, 1.82) is 0 Å². The molecule has 30 heavy (non-hydrogen) atoms. The second-order valence-corrected chi connectivity index (χ2v) is 8.03. The van der Waals surface area contributed by atoms with Crippen molar-refractivity contribution < 1.29 is 27.0 Å². The van der Waals surface area contributed by atoms with Gasteiger partial charge >= 0.3 is 0 Å². The summed E-state index contributed by atoms with van der Waals surface area (Å²) in [6.07, 6.45) is 0. The lowest BCUT2D eigenvalue weighted by Gasteiger charge is -2.15. The average molecular weight is 435 g/mol. The topological polar surface area (TPSA) is 91.7 Å². The van der Waals surface area contributed by atoms with Gasteiger partial charge in [0.1, 0.15) is 10.7 Å². The number of methoxy groups -OCH3 is 3. The molecule has 0 aliphatic heterocycles. The zero-order valence-corrected chi connectivity index (χ0v) is 18.0. The molecule has 1 aromatic heterocycles. The van der Waals surface area contributed by atoms with Crippen LogP contribution in [0.4, 0.5) is 10.1 Å². The van der Waals surface area contributed by atoms with Crippen molar-refractivity contribution in [2.75, 3.05) is 26.1 Å². The number of anilines is 1. The number of nitrogens with zero attached hydrogens (tertiary/aromatic N) is 2. The van der Waals surface area contributed by atoms with Gasteiger partial charge in [0.2, 0.25) is 5.75 Å².